The van der Waals surface area contributed by atoms with E-state index in [4.69, 9.17) is 0 Å². The monoisotopic (exact) mass is 274 g/mol. The lowest BCUT2D eigenvalue weighted by Gasteiger charge is -2.05. The summed E-state index contributed by atoms with van der Waals surface area (Å²) in [6.45, 7) is 0. The topological polar surface area (TPSA) is 50.2 Å². The summed E-state index contributed by atoms with van der Waals surface area (Å²) < 4.78 is 0. The van der Waals surface area contributed by atoms with Crippen LogP contribution < -0.4 is 5.43 Å². The van der Waals surface area contributed by atoms with Crippen molar-refractivity contribution in [1.29, 1.82) is 0 Å². The van der Waals surface area contributed by atoms with Crippen molar-refractivity contribution in [2.75, 3.05) is 5.43 Å². The highest BCUT2D eigenvalue weighted by Crippen LogP contribution is 2.23. The summed E-state index contributed by atoms with van der Waals surface area (Å²) in [5.41, 5.74) is 6.77. The van der Waals surface area contributed by atoms with E-state index in [1.807, 2.05) is 24.3 Å². The van der Waals surface area contributed by atoms with Gasteiger partial charge in [0.05, 0.1) is 11.9 Å². The molecule has 1 aromatic heterocycles. The zero-order valence-corrected chi connectivity index (χ0v) is 11.5. The minimum Gasteiger partial charge on any atom is -0.259 e. The Morgan fingerprint density at radius 1 is 0.952 bits per heavy atom. The minimum atomic E-state index is 0.699. The second-order valence-corrected chi connectivity index (χ2v) is 5.11. The summed E-state index contributed by atoms with van der Waals surface area (Å²) >= 11 is 0. The molecular weight excluding hydrogens is 260 g/mol. The molecule has 102 valence electrons. The fourth-order valence-electron chi connectivity index (χ4n) is 2.75. The lowest BCUT2D eigenvalue weighted by Crippen LogP contribution is -2.02. The average molecular weight is 274 g/mol. The first kappa shape index (κ1) is 12.0. The van der Waals surface area contributed by atoms with Gasteiger partial charge in [-0.1, -0.05) is 48.5 Å². The molecule has 0 radical (unpaired) electrons. The van der Waals surface area contributed by atoms with Gasteiger partial charge in [-0.25, -0.2) is 0 Å². The number of hydrogen-bond donors (Lipinski definition) is 1. The van der Waals surface area contributed by atoms with Gasteiger partial charge in [0.15, 0.2) is 5.82 Å². The standard InChI is InChI=1S/C17H14N4/c1-3-7-14-12(5-1)9-10-16(14)19-21-17-15-8-4-2-6-13(15)11-18-20-17/h1-8,11H,9-10H2,(H,20,21)/b19-16-. The number of aryl methyl sites for hydroxylation is 1. The van der Waals surface area contributed by atoms with Crippen LogP contribution >= 0.6 is 0 Å². The molecule has 0 fully saturated rings. The van der Waals surface area contributed by atoms with E-state index in [0.717, 1.165) is 29.3 Å². The predicted molar refractivity (Wildman–Crippen MR) is 84.5 cm³/mol. The van der Waals surface area contributed by atoms with Gasteiger partial charge in [-0.3, -0.25) is 5.43 Å². The Balaban J connectivity index is 1.69. The number of hydrogen-bond acceptors (Lipinski definition) is 4. The van der Waals surface area contributed by atoms with Gasteiger partial charge in [-0.2, -0.15) is 10.2 Å². The van der Waals surface area contributed by atoms with E-state index in [2.05, 4.69) is 45.0 Å². The van der Waals surface area contributed by atoms with Crippen LogP contribution in [0.5, 0.6) is 0 Å². The highest BCUT2D eigenvalue weighted by atomic mass is 15.3. The van der Waals surface area contributed by atoms with Gasteiger partial charge in [0, 0.05) is 16.3 Å². The van der Waals surface area contributed by atoms with Gasteiger partial charge >= 0.3 is 0 Å². The number of nitrogens with one attached hydrogen (secondary N) is 1. The smallest absolute Gasteiger partial charge is 0.176 e. The molecule has 0 amide bonds. The van der Waals surface area contributed by atoms with Crippen LogP contribution in [0.25, 0.3) is 10.8 Å². The maximum absolute atomic E-state index is 4.55. The van der Waals surface area contributed by atoms with Gasteiger partial charge in [-0.05, 0) is 18.4 Å². The van der Waals surface area contributed by atoms with Crippen molar-refractivity contribution in [3.63, 3.8) is 0 Å². The van der Waals surface area contributed by atoms with E-state index in [0.29, 0.717) is 5.82 Å². The van der Waals surface area contributed by atoms with Crippen molar-refractivity contribution in [1.82, 2.24) is 10.2 Å². The number of aromatic nitrogens is 2. The van der Waals surface area contributed by atoms with E-state index >= 15 is 0 Å². The molecule has 0 bridgehead atoms. The van der Waals surface area contributed by atoms with Crippen LogP contribution in [0, 0.1) is 0 Å². The van der Waals surface area contributed by atoms with Crippen molar-refractivity contribution >= 4 is 22.3 Å². The molecule has 0 saturated carbocycles. The first-order valence-electron chi connectivity index (χ1n) is 7.03. The third kappa shape index (κ3) is 2.14. The fourth-order valence-corrected chi connectivity index (χ4v) is 2.75. The lowest BCUT2D eigenvalue weighted by atomic mass is 10.1. The van der Waals surface area contributed by atoms with Crippen molar-refractivity contribution in [2.45, 2.75) is 12.8 Å². The number of hydrazone groups is 1. The minimum absolute atomic E-state index is 0.699. The number of rotatable bonds is 2. The molecule has 0 spiro atoms. The maximum atomic E-state index is 4.55. The molecule has 2 aromatic carbocycles. The van der Waals surface area contributed by atoms with Crippen LogP contribution in [-0.4, -0.2) is 15.9 Å². The Hall–Kier alpha value is -2.75. The highest BCUT2D eigenvalue weighted by molar-refractivity contribution is 6.05. The molecule has 21 heavy (non-hydrogen) atoms. The second kappa shape index (κ2) is 4.98. The van der Waals surface area contributed by atoms with Crippen molar-refractivity contribution in [2.24, 2.45) is 5.10 Å². The highest BCUT2D eigenvalue weighted by Gasteiger charge is 2.16. The molecule has 4 nitrogen and oxygen atoms in total. The van der Waals surface area contributed by atoms with Crippen LogP contribution in [0.15, 0.2) is 59.8 Å². The van der Waals surface area contributed by atoms with E-state index in [9.17, 15) is 0 Å². The number of anilines is 1. The Bertz CT molecular complexity index is 834. The first-order chi connectivity index (χ1) is 10.4. The predicted octanol–water partition coefficient (Wildman–Crippen LogP) is 3.39. The molecule has 0 saturated heterocycles. The Morgan fingerprint density at radius 2 is 1.81 bits per heavy atom. The summed E-state index contributed by atoms with van der Waals surface area (Å²) in [4.78, 5) is 0. The van der Waals surface area contributed by atoms with Crippen LogP contribution in [0.4, 0.5) is 5.82 Å². The van der Waals surface area contributed by atoms with E-state index in [1.54, 1.807) is 6.20 Å². The summed E-state index contributed by atoms with van der Waals surface area (Å²) in [7, 11) is 0. The molecule has 1 heterocycles. The van der Waals surface area contributed by atoms with Gasteiger partial charge < -0.3 is 0 Å². The van der Waals surface area contributed by atoms with Crippen molar-refractivity contribution in [3.05, 3.63) is 65.9 Å². The summed E-state index contributed by atoms with van der Waals surface area (Å²) in [6.07, 6.45) is 3.78. The maximum Gasteiger partial charge on any atom is 0.176 e. The Kier molecular flexibility index (Phi) is 2.85. The lowest BCUT2D eigenvalue weighted by molar-refractivity contribution is 1.03. The Morgan fingerprint density at radius 3 is 2.81 bits per heavy atom. The van der Waals surface area contributed by atoms with Crippen LogP contribution in [0.2, 0.25) is 0 Å². The number of benzene rings is 2. The first-order valence-corrected chi connectivity index (χ1v) is 7.03. The fraction of sp³-hybridized carbons (Fsp3) is 0.118. The summed E-state index contributed by atoms with van der Waals surface area (Å²) in [6, 6.07) is 16.4. The zero-order valence-electron chi connectivity index (χ0n) is 11.5. The Labute approximate surface area is 122 Å². The quantitative estimate of drug-likeness (QED) is 0.729. The van der Waals surface area contributed by atoms with Gasteiger partial charge in [0.1, 0.15) is 0 Å². The van der Waals surface area contributed by atoms with E-state index in [-0.39, 0.29) is 0 Å². The van der Waals surface area contributed by atoms with E-state index < -0.39 is 0 Å². The van der Waals surface area contributed by atoms with Crippen LogP contribution in [0.3, 0.4) is 0 Å². The van der Waals surface area contributed by atoms with Gasteiger partial charge in [0.2, 0.25) is 0 Å². The molecule has 1 aliphatic carbocycles. The number of nitrogens with zero attached hydrogens (tertiary/aromatic N) is 3. The normalized spacial score (nSPS) is 15.3. The molecular formula is C17H14N4. The molecule has 1 N–H and O–H groups in total. The molecule has 0 aliphatic heterocycles. The zero-order chi connectivity index (χ0) is 14.1. The van der Waals surface area contributed by atoms with Crippen LogP contribution in [0.1, 0.15) is 17.5 Å². The average Bonchev–Trinajstić information content (AvgIpc) is 2.96. The van der Waals surface area contributed by atoms with Crippen molar-refractivity contribution in [3.8, 4) is 0 Å². The van der Waals surface area contributed by atoms with Gasteiger partial charge in [-0.15, -0.1) is 5.10 Å². The molecule has 0 atom stereocenters. The second-order valence-electron chi connectivity index (χ2n) is 5.11. The van der Waals surface area contributed by atoms with Crippen molar-refractivity contribution < 1.29 is 0 Å². The van der Waals surface area contributed by atoms with Crippen LogP contribution in [-0.2, 0) is 6.42 Å². The molecule has 4 rings (SSSR count). The summed E-state index contributed by atoms with van der Waals surface area (Å²) in [5, 5.41) is 14.8. The molecule has 0 unspecified atom stereocenters. The molecule has 1 aliphatic rings. The van der Waals surface area contributed by atoms with Gasteiger partial charge in [0.25, 0.3) is 0 Å². The third-order valence-corrected chi connectivity index (χ3v) is 3.83. The third-order valence-electron chi connectivity index (χ3n) is 3.83. The van der Waals surface area contributed by atoms with E-state index in [1.165, 1.54) is 11.1 Å². The molecule has 4 heteroatoms. The number of fused-ring (bicyclic) bond motifs is 2. The molecule has 3 aromatic rings. The summed E-state index contributed by atoms with van der Waals surface area (Å²) in [5.74, 6) is 0.699. The largest absolute Gasteiger partial charge is 0.259 e. The SMILES string of the molecule is c1ccc2c(c1)CC/C2=N/Nc1nncc2ccccc12.